The molecule has 0 fully saturated rings. The van der Waals surface area contributed by atoms with Crippen molar-refractivity contribution in [1.82, 2.24) is 4.57 Å². The third kappa shape index (κ3) is 2.55. The minimum atomic E-state index is 0.476. The van der Waals surface area contributed by atoms with Crippen molar-refractivity contribution in [3.8, 4) is 0 Å². The zero-order valence-electron chi connectivity index (χ0n) is 11.1. The van der Waals surface area contributed by atoms with Gasteiger partial charge in [0.05, 0.1) is 0 Å². The number of carbonyl (C=O) groups is 1. The van der Waals surface area contributed by atoms with Crippen LogP contribution in [0.5, 0.6) is 0 Å². The molecule has 0 aliphatic rings. The van der Waals surface area contributed by atoms with Crippen LogP contribution in [0.2, 0.25) is 0 Å². The monoisotopic (exact) mass is 221 g/mol. The number of rotatable bonds is 5. The van der Waals surface area contributed by atoms with Crippen LogP contribution in [-0.2, 0) is 0 Å². The highest BCUT2D eigenvalue weighted by molar-refractivity contribution is 5.77. The molecular weight excluding hydrogens is 198 g/mol. The van der Waals surface area contributed by atoms with Gasteiger partial charge in [0.2, 0.25) is 0 Å². The van der Waals surface area contributed by atoms with Crippen LogP contribution in [0.3, 0.4) is 0 Å². The molecule has 90 valence electrons. The molecule has 0 saturated heterocycles. The summed E-state index contributed by atoms with van der Waals surface area (Å²) >= 11 is 0. The molecule has 0 aliphatic carbocycles. The Hall–Kier alpha value is -1.05. The SMILES string of the molecule is CCC(C)CC(C)n1c(C)cc(C=O)c1C. The number of hydrogen-bond acceptors (Lipinski definition) is 1. The molecule has 0 saturated carbocycles. The van der Waals surface area contributed by atoms with Crippen molar-refractivity contribution in [1.29, 1.82) is 0 Å². The molecule has 2 atom stereocenters. The predicted molar refractivity (Wildman–Crippen MR) is 68.1 cm³/mol. The van der Waals surface area contributed by atoms with Crippen LogP contribution in [0.4, 0.5) is 0 Å². The largest absolute Gasteiger partial charge is 0.346 e. The van der Waals surface area contributed by atoms with Gasteiger partial charge in [-0.25, -0.2) is 0 Å². The van der Waals surface area contributed by atoms with Gasteiger partial charge in [-0.05, 0) is 39.2 Å². The topological polar surface area (TPSA) is 22.0 Å². The van der Waals surface area contributed by atoms with Gasteiger partial charge < -0.3 is 4.57 Å². The van der Waals surface area contributed by atoms with E-state index in [1.54, 1.807) is 0 Å². The van der Waals surface area contributed by atoms with Gasteiger partial charge in [0, 0.05) is 23.0 Å². The molecule has 0 aromatic carbocycles. The molecule has 0 aliphatic heterocycles. The average molecular weight is 221 g/mol. The lowest BCUT2D eigenvalue weighted by Gasteiger charge is -2.21. The van der Waals surface area contributed by atoms with Crippen molar-refractivity contribution < 1.29 is 4.79 Å². The van der Waals surface area contributed by atoms with Gasteiger partial charge in [-0.3, -0.25) is 4.79 Å². The quantitative estimate of drug-likeness (QED) is 0.691. The summed E-state index contributed by atoms with van der Waals surface area (Å²) in [7, 11) is 0. The summed E-state index contributed by atoms with van der Waals surface area (Å²) in [6.07, 6.45) is 3.34. The average Bonchev–Trinajstić information content (AvgIpc) is 2.53. The molecule has 1 heterocycles. The molecule has 0 spiro atoms. The second kappa shape index (κ2) is 5.33. The molecule has 16 heavy (non-hydrogen) atoms. The van der Waals surface area contributed by atoms with Crippen LogP contribution in [0.15, 0.2) is 6.07 Å². The molecule has 0 N–H and O–H groups in total. The molecule has 2 heteroatoms. The highest BCUT2D eigenvalue weighted by Crippen LogP contribution is 2.25. The molecule has 0 radical (unpaired) electrons. The van der Waals surface area contributed by atoms with Crippen molar-refractivity contribution in [2.45, 2.75) is 53.5 Å². The van der Waals surface area contributed by atoms with Gasteiger partial charge in [-0.2, -0.15) is 0 Å². The molecule has 2 unspecified atom stereocenters. The van der Waals surface area contributed by atoms with Crippen molar-refractivity contribution in [2.75, 3.05) is 0 Å². The van der Waals surface area contributed by atoms with E-state index in [0.29, 0.717) is 6.04 Å². The van der Waals surface area contributed by atoms with Crippen molar-refractivity contribution in [3.05, 3.63) is 23.0 Å². The standard InChI is InChI=1S/C14H23NO/c1-6-10(2)7-11(3)15-12(4)8-14(9-16)13(15)5/h8-11H,6-7H2,1-5H3. The third-order valence-electron chi connectivity index (χ3n) is 3.53. The molecule has 1 aromatic heterocycles. The van der Waals surface area contributed by atoms with Gasteiger partial charge >= 0.3 is 0 Å². The zero-order chi connectivity index (χ0) is 12.3. The van der Waals surface area contributed by atoms with Gasteiger partial charge in [0.15, 0.2) is 6.29 Å². The van der Waals surface area contributed by atoms with Crippen LogP contribution in [0, 0.1) is 19.8 Å². The van der Waals surface area contributed by atoms with Gasteiger partial charge in [0.25, 0.3) is 0 Å². The molecular formula is C14H23NO. The molecule has 2 nitrogen and oxygen atoms in total. The Bertz CT molecular complexity index is 365. The number of aldehydes is 1. The van der Waals surface area contributed by atoms with Crippen LogP contribution in [0.1, 0.15) is 61.4 Å². The van der Waals surface area contributed by atoms with E-state index < -0.39 is 0 Å². The Morgan fingerprint density at radius 3 is 2.44 bits per heavy atom. The second-order valence-corrected chi connectivity index (χ2v) is 4.91. The smallest absolute Gasteiger partial charge is 0.151 e. The lowest BCUT2D eigenvalue weighted by atomic mass is 10.00. The summed E-state index contributed by atoms with van der Waals surface area (Å²) < 4.78 is 2.29. The van der Waals surface area contributed by atoms with Gasteiger partial charge in [0.1, 0.15) is 0 Å². The summed E-state index contributed by atoms with van der Waals surface area (Å²) in [6, 6.07) is 2.46. The van der Waals surface area contributed by atoms with E-state index in [9.17, 15) is 4.79 Å². The number of hydrogen-bond donors (Lipinski definition) is 0. The maximum Gasteiger partial charge on any atom is 0.151 e. The Labute approximate surface area is 98.7 Å². The van der Waals surface area contributed by atoms with Crippen molar-refractivity contribution in [3.63, 3.8) is 0 Å². The Balaban J connectivity index is 2.94. The molecule has 1 rings (SSSR count). The van der Waals surface area contributed by atoms with Crippen molar-refractivity contribution in [2.24, 2.45) is 5.92 Å². The van der Waals surface area contributed by atoms with E-state index in [0.717, 1.165) is 23.5 Å². The fraction of sp³-hybridized carbons (Fsp3) is 0.643. The van der Waals surface area contributed by atoms with Gasteiger partial charge in [-0.1, -0.05) is 20.3 Å². The summed E-state index contributed by atoms with van der Waals surface area (Å²) in [5, 5.41) is 0. The molecule has 1 aromatic rings. The highest BCUT2D eigenvalue weighted by Gasteiger charge is 2.15. The Morgan fingerprint density at radius 2 is 2.00 bits per heavy atom. The lowest BCUT2D eigenvalue weighted by molar-refractivity contribution is 0.112. The minimum Gasteiger partial charge on any atom is -0.346 e. The maximum atomic E-state index is 10.9. The Kier molecular flexibility index (Phi) is 4.34. The molecule has 0 bridgehead atoms. The van der Waals surface area contributed by atoms with E-state index >= 15 is 0 Å². The van der Waals surface area contributed by atoms with Crippen LogP contribution in [0.25, 0.3) is 0 Å². The van der Waals surface area contributed by atoms with Gasteiger partial charge in [-0.15, -0.1) is 0 Å². The normalized spacial score (nSPS) is 14.8. The van der Waals surface area contributed by atoms with E-state index in [4.69, 9.17) is 0 Å². The minimum absolute atomic E-state index is 0.476. The zero-order valence-corrected chi connectivity index (χ0v) is 11.1. The Morgan fingerprint density at radius 1 is 1.38 bits per heavy atom. The third-order valence-corrected chi connectivity index (χ3v) is 3.53. The van der Waals surface area contributed by atoms with E-state index in [1.807, 2.05) is 13.0 Å². The maximum absolute atomic E-state index is 10.9. The number of carbonyl (C=O) groups excluding carboxylic acids is 1. The summed E-state index contributed by atoms with van der Waals surface area (Å²) in [5.74, 6) is 0.732. The highest BCUT2D eigenvalue weighted by atomic mass is 16.1. The fourth-order valence-electron chi connectivity index (χ4n) is 2.45. The predicted octanol–water partition coefficient (Wildman–Crippen LogP) is 3.91. The summed E-state index contributed by atoms with van der Waals surface area (Å²) in [6.45, 7) is 10.9. The van der Waals surface area contributed by atoms with Crippen LogP contribution in [-0.4, -0.2) is 10.9 Å². The van der Waals surface area contributed by atoms with Crippen molar-refractivity contribution >= 4 is 6.29 Å². The first kappa shape index (κ1) is 13.0. The summed E-state index contributed by atoms with van der Waals surface area (Å²) in [5.41, 5.74) is 3.12. The van der Waals surface area contributed by atoms with Crippen LogP contribution >= 0.6 is 0 Å². The van der Waals surface area contributed by atoms with Crippen LogP contribution < -0.4 is 0 Å². The number of nitrogens with zero attached hydrogens (tertiary/aromatic N) is 1. The first-order valence-electron chi connectivity index (χ1n) is 6.14. The second-order valence-electron chi connectivity index (χ2n) is 4.91. The number of aromatic nitrogens is 1. The van der Waals surface area contributed by atoms with E-state index in [-0.39, 0.29) is 0 Å². The first-order chi connectivity index (χ1) is 7.51. The lowest BCUT2D eigenvalue weighted by Crippen LogP contribution is -2.12. The molecule has 0 amide bonds. The fourth-order valence-corrected chi connectivity index (χ4v) is 2.45. The summed E-state index contributed by atoms with van der Waals surface area (Å²) in [4.78, 5) is 10.9. The number of aryl methyl sites for hydroxylation is 1. The first-order valence-corrected chi connectivity index (χ1v) is 6.14. The van der Waals surface area contributed by atoms with E-state index in [2.05, 4.69) is 32.3 Å². The van der Waals surface area contributed by atoms with E-state index in [1.165, 1.54) is 18.5 Å².